The van der Waals surface area contributed by atoms with Crippen LogP contribution in [-0.2, 0) is 4.74 Å². The lowest BCUT2D eigenvalue weighted by molar-refractivity contribution is 0.0857. The van der Waals surface area contributed by atoms with E-state index in [2.05, 4.69) is 10.5 Å². The molecule has 0 saturated carbocycles. The predicted molar refractivity (Wildman–Crippen MR) is 46.3 cm³/mol. The molecule has 0 heterocycles. The lowest BCUT2D eigenvalue weighted by Crippen LogP contribution is -2.18. The molecule has 0 bridgehead atoms. The average molecular weight is 197 g/mol. The molecule has 0 aliphatic carbocycles. The van der Waals surface area contributed by atoms with E-state index in [1.54, 1.807) is 0 Å². The van der Waals surface area contributed by atoms with E-state index in [4.69, 9.17) is 0 Å². The first-order valence-electron chi connectivity index (χ1n) is 3.80. The zero-order valence-corrected chi connectivity index (χ0v) is 7.20. The summed E-state index contributed by atoms with van der Waals surface area (Å²) in [5.41, 5.74) is 4.94. The Morgan fingerprint density at radius 2 is 1.86 bits per heavy atom. The molecular formula is C9H8FNO3. The average Bonchev–Trinajstić information content (AvgIpc) is 2.15. The molecule has 0 spiro atoms. The lowest BCUT2D eigenvalue weighted by Gasteiger charge is -2.00. The van der Waals surface area contributed by atoms with E-state index in [-0.39, 0.29) is 5.56 Å². The number of hydrogen-bond acceptors (Lipinski definition) is 3. The van der Waals surface area contributed by atoms with E-state index in [0.717, 1.165) is 12.1 Å². The third-order valence-corrected chi connectivity index (χ3v) is 1.51. The smallest absolute Gasteiger partial charge is 0.404 e. The maximum absolute atomic E-state index is 12.4. The summed E-state index contributed by atoms with van der Waals surface area (Å²) >= 11 is 0. The highest BCUT2D eigenvalue weighted by Gasteiger charge is 2.07. The Morgan fingerprint density at radius 1 is 1.29 bits per heavy atom. The number of rotatable bonds is 3. The van der Waals surface area contributed by atoms with Gasteiger partial charge in [0.1, 0.15) is 5.82 Å². The molecule has 0 aliphatic rings. The van der Waals surface area contributed by atoms with Gasteiger partial charge in [-0.05, 0) is 24.3 Å². The van der Waals surface area contributed by atoms with Crippen LogP contribution in [0.4, 0.5) is 9.18 Å². The van der Waals surface area contributed by atoms with Crippen molar-refractivity contribution in [3.63, 3.8) is 0 Å². The summed E-state index contributed by atoms with van der Waals surface area (Å²) in [7, 11) is 0. The van der Waals surface area contributed by atoms with Gasteiger partial charge in [-0.15, -0.1) is 0 Å². The van der Waals surface area contributed by atoms with Crippen molar-refractivity contribution in [2.75, 3.05) is 6.61 Å². The molecule has 1 aromatic rings. The SMILES string of the molecule is NC(=O)OCC(=O)c1ccc(F)cc1. The van der Waals surface area contributed by atoms with Crippen molar-refractivity contribution < 1.29 is 18.7 Å². The van der Waals surface area contributed by atoms with E-state index in [1.165, 1.54) is 12.1 Å². The number of ether oxygens (including phenoxy) is 1. The molecular weight excluding hydrogens is 189 g/mol. The topological polar surface area (TPSA) is 69.4 Å². The molecule has 0 saturated heterocycles. The van der Waals surface area contributed by atoms with Crippen molar-refractivity contribution in [2.24, 2.45) is 5.73 Å². The second-order valence-electron chi connectivity index (χ2n) is 2.54. The fraction of sp³-hybridized carbons (Fsp3) is 0.111. The number of carbonyl (C=O) groups is 2. The third-order valence-electron chi connectivity index (χ3n) is 1.51. The van der Waals surface area contributed by atoms with Gasteiger partial charge >= 0.3 is 6.09 Å². The highest BCUT2D eigenvalue weighted by Crippen LogP contribution is 2.03. The first kappa shape index (κ1) is 10.2. The number of Topliss-reactive ketones (excluding diaryl/α,β-unsaturated/α-hetero) is 1. The number of hydrogen-bond donors (Lipinski definition) is 1. The molecule has 2 N–H and O–H groups in total. The summed E-state index contributed by atoms with van der Waals surface area (Å²) in [5, 5.41) is 0. The monoisotopic (exact) mass is 197 g/mol. The van der Waals surface area contributed by atoms with Gasteiger partial charge in [0.2, 0.25) is 0 Å². The lowest BCUT2D eigenvalue weighted by atomic mass is 10.1. The van der Waals surface area contributed by atoms with Crippen molar-refractivity contribution in [3.05, 3.63) is 35.6 Å². The van der Waals surface area contributed by atoms with Crippen LogP contribution in [0.25, 0.3) is 0 Å². The summed E-state index contributed by atoms with van der Waals surface area (Å²) in [4.78, 5) is 21.4. The van der Waals surface area contributed by atoms with Crippen LogP contribution in [-0.4, -0.2) is 18.5 Å². The predicted octanol–water partition coefficient (Wildman–Crippen LogP) is 1.10. The summed E-state index contributed by atoms with van der Waals surface area (Å²) in [5.74, 6) is -0.860. The number of amides is 1. The van der Waals surface area contributed by atoms with E-state index in [0.29, 0.717) is 0 Å². The molecule has 74 valence electrons. The number of nitrogens with two attached hydrogens (primary N) is 1. The van der Waals surface area contributed by atoms with Crippen LogP contribution in [0.15, 0.2) is 24.3 Å². The standard InChI is InChI=1S/C9H8FNO3/c10-7-3-1-6(2-4-7)8(12)5-14-9(11)13/h1-4H,5H2,(H2,11,13). The van der Waals surface area contributed by atoms with E-state index < -0.39 is 24.3 Å². The van der Waals surface area contributed by atoms with Crippen molar-refractivity contribution in [1.29, 1.82) is 0 Å². The molecule has 0 radical (unpaired) electrons. The van der Waals surface area contributed by atoms with Crippen LogP contribution in [0.3, 0.4) is 0 Å². The fourth-order valence-corrected chi connectivity index (χ4v) is 0.856. The van der Waals surface area contributed by atoms with E-state index in [9.17, 15) is 14.0 Å². The quantitative estimate of drug-likeness (QED) is 0.737. The first-order valence-corrected chi connectivity index (χ1v) is 3.80. The summed E-state index contributed by atoms with van der Waals surface area (Å²) in [6, 6.07) is 4.92. The summed E-state index contributed by atoms with van der Waals surface area (Å²) in [6.07, 6.45) is -1.01. The van der Waals surface area contributed by atoms with Crippen molar-refractivity contribution in [3.8, 4) is 0 Å². The molecule has 1 rings (SSSR count). The van der Waals surface area contributed by atoms with Gasteiger partial charge in [-0.1, -0.05) is 0 Å². The minimum atomic E-state index is -1.01. The maximum atomic E-state index is 12.4. The van der Waals surface area contributed by atoms with Crippen molar-refractivity contribution in [1.82, 2.24) is 0 Å². The van der Waals surface area contributed by atoms with Crippen LogP contribution in [0, 0.1) is 5.82 Å². The molecule has 14 heavy (non-hydrogen) atoms. The van der Waals surface area contributed by atoms with Crippen LogP contribution in [0.1, 0.15) is 10.4 Å². The Kier molecular flexibility index (Phi) is 3.17. The zero-order chi connectivity index (χ0) is 10.6. The van der Waals surface area contributed by atoms with Gasteiger partial charge in [0.25, 0.3) is 0 Å². The normalized spacial score (nSPS) is 9.50. The van der Waals surface area contributed by atoms with Crippen LogP contribution in [0.5, 0.6) is 0 Å². The fourth-order valence-electron chi connectivity index (χ4n) is 0.856. The van der Waals surface area contributed by atoms with Gasteiger partial charge < -0.3 is 10.5 Å². The first-order chi connectivity index (χ1) is 6.59. The molecule has 0 fully saturated rings. The molecule has 0 atom stereocenters. The van der Waals surface area contributed by atoms with Gasteiger partial charge in [0, 0.05) is 5.56 Å². The minimum absolute atomic E-state index is 0.271. The Labute approximate surface area is 79.5 Å². The van der Waals surface area contributed by atoms with Gasteiger partial charge in [-0.3, -0.25) is 4.79 Å². The van der Waals surface area contributed by atoms with Gasteiger partial charge in [0.15, 0.2) is 12.4 Å². The van der Waals surface area contributed by atoms with Gasteiger partial charge in [-0.25, -0.2) is 9.18 Å². The van der Waals surface area contributed by atoms with Crippen molar-refractivity contribution >= 4 is 11.9 Å². The molecule has 0 unspecified atom stereocenters. The van der Waals surface area contributed by atoms with E-state index in [1.807, 2.05) is 0 Å². The maximum Gasteiger partial charge on any atom is 0.404 e. The molecule has 0 aliphatic heterocycles. The highest BCUT2D eigenvalue weighted by atomic mass is 19.1. The number of benzene rings is 1. The Hall–Kier alpha value is -1.91. The van der Waals surface area contributed by atoms with Gasteiger partial charge in [-0.2, -0.15) is 0 Å². The van der Waals surface area contributed by atoms with Gasteiger partial charge in [0.05, 0.1) is 0 Å². The molecule has 4 nitrogen and oxygen atoms in total. The highest BCUT2D eigenvalue weighted by molar-refractivity contribution is 5.97. The molecule has 1 aromatic carbocycles. The number of carbonyl (C=O) groups excluding carboxylic acids is 2. The second kappa shape index (κ2) is 4.36. The van der Waals surface area contributed by atoms with Crippen LogP contribution < -0.4 is 5.73 Å². The minimum Gasteiger partial charge on any atom is -0.441 e. The molecule has 1 amide bonds. The van der Waals surface area contributed by atoms with Crippen LogP contribution in [0.2, 0.25) is 0 Å². The Balaban J connectivity index is 2.61. The number of primary amides is 1. The largest absolute Gasteiger partial charge is 0.441 e. The second-order valence-corrected chi connectivity index (χ2v) is 2.54. The van der Waals surface area contributed by atoms with E-state index >= 15 is 0 Å². The number of ketones is 1. The molecule has 5 heteroatoms. The van der Waals surface area contributed by atoms with Crippen LogP contribution >= 0.6 is 0 Å². The zero-order valence-electron chi connectivity index (χ0n) is 7.20. The third kappa shape index (κ3) is 2.85. The van der Waals surface area contributed by atoms with Crippen molar-refractivity contribution in [2.45, 2.75) is 0 Å². The summed E-state index contributed by atoms with van der Waals surface area (Å²) in [6.45, 7) is -0.430. The Morgan fingerprint density at radius 3 is 2.36 bits per heavy atom. The summed E-state index contributed by atoms with van der Waals surface area (Å²) < 4.78 is 16.7. The number of halogens is 1. The Bertz CT molecular complexity index is 348. The molecule has 0 aromatic heterocycles.